The molecular weight excluding hydrogens is 407 g/mol. The number of nitrogens with one attached hydrogen (secondary N) is 3. The van der Waals surface area contributed by atoms with Gasteiger partial charge in [-0.3, -0.25) is 4.99 Å². The van der Waals surface area contributed by atoms with Gasteiger partial charge in [-0.25, -0.2) is 4.79 Å². The van der Waals surface area contributed by atoms with Crippen LogP contribution in [0.4, 0.5) is 4.79 Å². The normalized spacial score (nSPS) is 22.0. The molecule has 7 heteroatoms. The molecule has 0 saturated heterocycles. The minimum Gasteiger partial charge on any atom is -0.444 e. The van der Waals surface area contributed by atoms with Crippen LogP contribution in [0.3, 0.4) is 0 Å². The summed E-state index contributed by atoms with van der Waals surface area (Å²) in [7, 11) is 1.76. The lowest BCUT2D eigenvalue weighted by Crippen LogP contribution is -2.50. The lowest BCUT2D eigenvalue weighted by atomic mass is 10.0. The molecule has 1 rings (SSSR count). The third-order valence-corrected chi connectivity index (χ3v) is 3.65. The number of ether oxygens (including phenoxy) is 1. The number of guanidine groups is 1. The molecule has 3 unspecified atom stereocenters. The first-order chi connectivity index (χ1) is 10.1. The summed E-state index contributed by atoms with van der Waals surface area (Å²) in [5, 5.41) is 9.57. The lowest BCUT2D eigenvalue weighted by molar-refractivity contribution is 0.0491. The molecule has 0 aromatic heterocycles. The van der Waals surface area contributed by atoms with Gasteiger partial charge in [0.2, 0.25) is 0 Å². The van der Waals surface area contributed by atoms with Crippen molar-refractivity contribution in [2.45, 2.75) is 65.6 Å². The molecule has 136 valence electrons. The number of alkyl carbamates (subject to hydrolysis) is 1. The van der Waals surface area contributed by atoms with Gasteiger partial charge < -0.3 is 20.7 Å². The van der Waals surface area contributed by atoms with Gasteiger partial charge in [-0.2, -0.15) is 0 Å². The summed E-state index contributed by atoms with van der Waals surface area (Å²) in [6.07, 6.45) is 0.802. The van der Waals surface area contributed by atoms with Crippen molar-refractivity contribution in [2.75, 3.05) is 13.6 Å². The summed E-state index contributed by atoms with van der Waals surface area (Å²) < 4.78 is 5.32. The predicted molar refractivity (Wildman–Crippen MR) is 105 cm³/mol. The second-order valence-corrected chi connectivity index (χ2v) is 7.41. The fraction of sp³-hybridized carbons (Fsp3) is 0.875. The number of amides is 1. The number of hydrogen-bond acceptors (Lipinski definition) is 3. The van der Waals surface area contributed by atoms with Gasteiger partial charge in [0.1, 0.15) is 5.60 Å². The van der Waals surface area contributed by atoms with E-state index in [0.29, 0.717) is 18.5 Å². The second kappa shape index (κ2) is 9.54. The van der Waals surface area contributed by atoms with Gasteiger partial charge in [-0.1, -0.05) is 20.8 Å². The van der Waals surface area contributed by atoms with E-state index in [4.69, 9.17) is 4.74 Å². The minimum atomic E-state index is -0.487. The molecule has 3 atom stereocenters. The Bertz CT molecular complexity index is 407. The zero-order valence-electron chi connectivity index (χ0n) is 15.4. The zero-order chi connectivity index (χ0) is 16.9. The third-order valence-electron chi connectivity index (χ3n) is 3.65. The summed E-state index contributed by atoms with van der Waals surface area (Å²) in [6.45, 7) is 12.5. The Kier molecular flexibility index (Phi) is 9.24. The van der Waals surface area contributed by atoms with E-state index in [1.54, 1.807) is 7.05 Å². The van der Waals surface area contributed by atoms with E-state index in [0.717, 1.165) is 5.96 Å². The maximum Gasteiger partial charge on any atom is 0.407 e. The topological polar surface area (TPSA) is 74.8 Å². The molecule has 1 fully saturated rings. The van der Waals surface area contributed by atoms with Crippen molar-refractivity contribution in [2.24, 2.45) is 16.8 Å². The summed E-state index contributed by atoms with van der Waals surface area (Å²) in [4.78, 5) is 16.1. The molecule has 1 saturated carbocycles. The van der Waals surface area contributed by atoms with Crippen molar-refractivity contribution in [3.05, 3.63) is 0 Å². The standard InChI is InChI=1S/C16H32N4O2.HI/c1-10(2)13(20-15(21)22-16(4,5)6)9-18-14(17-7)19-12-8-11(12)3;/h10-13H,8-9H2,1-7H3,(H,20,21)(H2,17,18,19);1H. The van der Waals surface area contributed by atoms with Crippen molar-refractivity contribution in [1.29, 1.82) is 0 Å². The fourth-order valence-electron chi connectivity index (χ4n) is 2.01. The largest absolute Gasteiger partial charge is 0.444 e. The van der Waals surface area contributed by atoms with E-state index >= 15 is 0 Å². The maximum absolute atomic E-state index is 11.9. The molecule has 0 spiro atoms. The Labute approximate surface area is 157 Å². The van der Waals surface area contributed by atoms with Crippen LogP contribution in [-0.2, 0) is 4.74 Å². The van der Waals surface area contributed by atoms with Crippen LogP contribution in [0.1, 0.15) is 48.0 Å². The molecule has 1 aliphatic carbocycles. The van der Waals surface area contributed by atoms with E-state index < -0.39 is 5.60 Å². The van der Waals surface area contributed by atoms with Crippen molar-refractivity contribution in [1.82, 2.24) is 16.0 Å². The molecular formula is C16H33IN4O2. The van der Waals surface area contributed by atoms with Gasteiger partial charge in [0.15, 0.2) is 5.96 Å². The number of carbonyl (C=O) groups excluding carboxylic acids is 1. The molecule has 23 heavy (non-hydrogen) atoms. The van der Waals surface area contributed by atoms with Crippen LogP contribution >= 0.6 is 24.0 Å². The zero-order valence-corrected chi connectivity index (χ0v) is 17.7. The summed E-state index contributed by atoms with van der Waals surface area (Å²) in [5.74, 6) is 1.78. The number of aliphatic imine (C=N–C) groups is 1. The minimum absolute atomic E-state index is 0. The van der Waals surface area contributed by atoms with Gasteiger partial charge in [-0.15, -0.1) is 24.0 Å². The third kappa shape index (κ3) is 9.22. The summed E-state index contributed by atoms with van der Waals surface area (Å²) >= 11 is 0. The van der Waals surface area contributed by atoms with Gasteiger partial charge in [0, 0.05) is 19.6 Å². The van der Waals surface area contributed by atoms with Crippen molar-refractivity contribution < 1.29 is 9.53 Å². The molecule has 0 bridgehead atoms. The van der Waals surface area contributed by atoms with Crippen molar-refractivity contribution in [3.63, 3.8) is 0 Å². The van der Waals surface area contributed by atoms with E-state index in [1.165, 1.54) is 6.42 Å². The highest BCUT2D eigenvalue weighted by Gasteiger charge is 2.33. The molecule has 0 aliphatic heterocycles. The Morgan fingerprint density at radius 3 is 2.30 bits per heavy atom. The van der Waals surface area contributed by atoms with E-state index in [1.807, 2.05) is 20.8 Å². The quantitative estimate of drug-likeness (QED) is 0.349. The van der Waals surface area contributed by atoms with Crippen LogP contribution in [0, 0.1) is 11.8 Å². The van der Waals surface area contributed by atoms with Gasteiger partial charge in [0.25, 0.3) is 0 Å². The van der Waals surface area contributed by atoms with Crippen molar-refractivity contribution >= 4 is 36.0 Å². The second-order valence-electron chi connectivity index (χ2n) is 7.41. The number of rotatable bonds is 5. The molecule has 3 N–H and O–H groups in total. The maximum atomic E-state index is 11.9. The van der Waals surface area contributed by atoms with Crippen LogP contribution in [0.5, 0.6) is 0 Å². The van der Waals surface area contributed by atoms with Crippen molar-refractivity contribution in [3.8, 4) is 0 Å². The Morgan fingerprint density at radius 1 is 1.35 bits per heavy atom. The Balaban J connectivity index is 0.00000484. The first-order valence-corrected chi connectivity index (χ1v) is 8.09. The molecule has 1 amide bonds. The van der Waals surface area contributed by atoms with E-state index in [9.17, 15) is 4.79 Å². The van der Waals surface area contributed by atoms with Crippen LogP contribution in [0.25, 0.3) is 0 Å². The summed E-state index contributed by atoms with van der Waals surface area (Å²) in [6, 6.07) is 0.493. The molecule has 0 aromatic rings. The smallest absolute Gasteiger partial charge is 0.407 e. The molecule has 0 heterocycles. The van der Waals surface area contributed by atoms with Gasteiger partial charge in [0.05, 0.1) is 6.04 Å². The first kappa shape index (κ1) is 22.3. The fourth-order valence-corrected chi connectivity index (χ4v) is 2.01. The van der Waals surface area contributed by atoms with Crippen LogP contribution in [-0.4, -0.2) is 43.3 Å². The summed E-state index contributed by atoms with van der Waals surface area (Å²) in [5.41, 5.74) is -0.487. The van der Waals surface area contributed by atoms with Crippen LogP contribution < -0.4 is 16.0 Å². The van der Waals surface area contributed by atoms with Crippen LogP contribution in [0.15, 0.2) is 4.99 Å². The predicted octanol–water partition coefficient (Wildman–Crippen LogP) is 2.73. The number of hydrogen-bond donors (Lipinski definition) is 3. The molecule has 1 aliphatic rings. The van der Waals surface area contributed by atoms with E-state index in [-0.39, 0.29) is 42.0 Å². The van der Waals surface area contributed by atoms with E-state index in [2.05, 4.69) is 41.7 Å². The highest BCUT2D eigenvalue weighted by atomic mass is 127. The highest BCUT2D eigenvalue weighted by Crippen LogP contribution is 2.28. The number of halogens is 1. The first-order valence-electron chi connectivity index (χ1n) is 8.09. The van der Waals surface area contributed by atoms with Crippen LogP contribution in [0.2, 0.25) is 0 Å². The lowest BCUT2D eigenvalue weighted by Gasteiger charge is -2.26. The molecule has 0 aromatic carbocycles. The van der Waals surface area contributed by atoms with Gasteiger partial charge >= 0.3 is 6.09 Å². The average Bonchev–Trinajstić information content (AvgIpc) is 3.05. The van der Waals surface area contributed by atoms with Gasteiger partial charge in [-0.05, 0) is 39.0 Å². The monoisotopic (exact) mass is 440 g/mol. The number of nitrogens with zero attached hydrogens (tertiary/aromatic N) is 1. The SMILES string of the molecule is CN=C(NCC(NC(=O)OC(C)(C)C)C(C)C)NC1CC1C.I. The number of carbonyl (C=O) groups is 1. The highest BCUT2D eigenvalue weighted by molar-refractivity contribution is 14.0. The Hall–Kier alpha value is -0.730. The molecule has 6 nitrogen and oxygen atoms in total. The Morgan fingerprint density at radius 2 is 1.91 bits per heavy atom. The molecule has 0 radical (unpaired) electrons. The average molecular weight is 440 g/mol.